The molecule has 15 heteroatoms. The number of ketones is 1. The zero-order chi connectivity index (χ0) is 39.0. The maximum absolute atomic E-state index is 15.1. The number of ether oxygens (including phenoxy) is 8. The molecule has 0 bridgehead atoms. The van der Waals surface area contributed by atoms with Gasteiger partial charge in [-0.1, -0.05) is 41.2 Å². The molecule has 11 atom stereocenters. The Labute approximate surface area is 298 Å². The van der Waals surface area contributed by atoms with Crippen LogP contribution in [0.2, 0.25) is 0 Å². The molecule has 51 heavy (non-hydrogen) atoms. The average Bonchev–Trinajstić information content (AvgIpc) is 3.74. The zero-order valence-electron chi connectivity index (χ0n) is 31.5. The molecular formula is C36H52O15. The van der Waals surface area contributed by atoms with E-state index in [4.69, 9.17) is 37.9 Å². The summed E-state index contributed by atoms with van der Waals surface area (Å²) in [5.74, 6) is -8.45. The van der Waals surface area contributed by atoms with Crippen LogP contribution in [0.25, 0.3) is 0 Å². The highest BCUT2D eigenvalue weighted by Crippen LogP contribution is 2.56. The molecule has 0 spiro atoms. The molecule has 2 saturated carbocycles. The van der Waals surface area contributed by atoms with Crippen LogP contribution in [-0.4, -0.2) is 102 Å². The second-order valence-electron chi connectivity index (χ2n) is 15.0. The number of esters is 6. The normalized spacial score (nSPS) is 35.9. The van der Waals surface area contributed by atoms with E-state index >= 15 is 4.79 Å². The molecule has 0 radical (unpaired) electrons. The van der Waals surface area contributed by atoms with Gasteiger partial charge in [0.1, 0.15) is 18.3 Å². The molecule has 15 nitrogen and oxygen atoms in total. The Bertz CT molecular complexity index is 1430. The van der Waals surface area contributed by atoms with E-state index < -0.39 is 119 Å². The van der Waals surface area contributed by atoms with Crippen LogP contribution in [0.4, 0.5) is 0 Å². The van der Waals surface area contributed by atoms with Crippen molar-refractivity contribution in [3.05, 3.63) is 12.2 Å². The molecule has 3 aliphatic rings. The SMILES string of the molecule is C=C1C(OC(C)=O)[C@H]2[C@@H](OC(C)=O)[C@](C)(OC(C)=O)C[C@]2(OC(C)=O)C(=O)[C@H](C)[C@@H]2O[C@H]2C(C)(C)C(OC(C)=O)[C@@H](OC(C)=O)[C@H]1OCC(C)C. The van der Waals surface area contributed by atoms with Gasteiger partial charge in [-0.2, -0.15) is 0 Å². The predicted octanol–water partition coefficient (Wildman–Crippen LogP) is 2.97. The van der Waals surface area contributed by atoms with Crippen LogP contribution in [0.5, 0.6) is 0 Å². The van der Waals surface area contributed by atoms with Crippen LogP contribution in [0.1, 0.15) is 89.5 Å². The molecule has 286 valence electrons. The van der Waals surface area contributed by atoms with Crippen molar-refractivity contribution in [3.8, 4) is 0 Å². The Morgan fingerprint density at radius 2 is 1.27 bits per heavy atom. The summed E-state index contributed by atoms with van der Waals surface area (Å²) in [5.41, 5.74) is -5.41. The van der Waals surface area contributed by atoms with Crippen LogP contribution in [0, 0.1) is 23.2 Å². The van der Waals surface area contributed by atoms with Gasteiger partial charge in [-0.15, -0.1) is 0 Å². The monoisotopic (exact) mass is 724 g/mol. The van der Waals surface area contributed by atoms with Crippen LogP contribution < -0.4 is 0 Å². The van der Waals surface area contributed by atoms with Gasteiger partial charge in [0.05, 0.1) is 18.1 Å². The lowest BCUT2D eigenvalue weighted by Gasteiger charge is -2.45. The van der Waals surface area contributed by atoms with Crippen LogP contribution in [0.3, 0.4) is 0 Å². The van der Waals surface area contributed by atoms with Crippen molar-refractivity contribution in [1.82, 2.24) is 0 Å². The fourth-order valence-corrected chi connectivity index (χ4v) is 7.75. The summed E-state index contributed by atoms with van der Waals surface area (Å²) in [6.45, 7) is 21.1. The second kappa shape index (κ2) is 15.4. The first-order chi connectivity index (χ1) is 23.4. The highest BCUT2D eigenvalue weighted by atomic mass is 16.6. The Kier molecular flexibility index (Phi) is 12.6. The maximum Gasteiger partial charge on any atom is 0.303 e. The van der Waals surface area contributed by atoms with Crippen molar-refractivity contribution < 1.29 is 71.5 Å². The fourth-order valence-electron chi connectivity index (χ4n) is 7.75. The minimum absolute atomic E-state index is 0.0261. The third-order valence-corrected chi connectivity index (χ3v) is 9.54. The minimum atomic E-state index is -2.28. The number of rotatable bonds is 9. The zero-order valence-corrected chi connectivity index (χ0v) is 31.5. The molecule has 0 amide bonds. The first-order valence-corrected chi connectivity index (χ1v) is 17.0. The lowest BCUT2D eigenvalue weighted by atomic mass is 9.69. The van der Waals surface area contributed by atoms with Gasteiger partial charge in [0.15, 0.2) is 29.2 Å². The number of hydrogen-bond acceptors (Lipinski definition) is 15. The van der Waals surface area contributed by atoms with Crippen molar-refractivity contribution in [3.63, 3.8) is 0 Å². The van der Waals surface area contributed by atoms with Crippen LogP contribution in [-0.2, 0) is 71.5 Å². The van der Waals surface area contributed by atoms with Crippen molar-refractivity contribution in [1.29, 1.82) is 0 Å². The lowest BCUT2D eigenvalue weighted by Crippen LogP contribution is -2.60. The van der Waals surface area contributed by atoms with Gasteiger partial charge in [0, 0.05) is 65.9 Å². The van der Waals surface area contributed by atoms with Gasteiger partial charge in [0.2, 0.25) is 0 Å². The number of fused-ring (bicyclic) bond motifs is 2. The summed E-state index contributed by atoms with van der Waals surface area (Å²) in [6.07, 6.45) is -9.59. The smallest absolute Gasteiger partial charge is 0.303 e. The second-order valence-corrected chi connectivity index (χ2v) is 15.0. The van der Waals surface area contributed by atoms with Crippen LogP contribution >= 0.6 is 0 Å². The number of Topliss-reactive ketones (excluding diaryl/α,β-unsaturated/α-hetero) is 1. The van der Waals surface area contributed by atoms with Gasteiger partial charge >= 0.3 is 35.8 Å². The summed E-state index contributed by atoms with van der Waals surface area (Å²) in [6, 6.07) is 0. The molecule has 0 aromatic carbocycles. The van der Waals surface area contributed by atoms with E-state index in [1.165, 1.54) is 13.8 Å². The molecule has 2 aliphatic carbocycles. The molecule has 0 N–H and O–H groups in total. The molecule has 1 aliphatic heterocycles. The van der Waals surface area contributed by atoms with E-state index in [9.17, 15) is 28.8 Å². The third kappa shape index (κ3) is 8.79. The molecule has 0 aromatic heterocycles. The molecule has 1 saturated heterocycles. The van der Waals surface area contributed by atoms with Gasteiger partial charge in [0.25, 0.3) is 0 Å². The van der Waals surface area contributed by atoms with Crippen molar-refractivity contribution >= 4 is 41.6 Å². The van der Waals surface area contributed by atoms with Crippen LogP contribution in [0.15, 0.2) is 12.2 Å². The third-order valence-electron chi connectivity index (χ3n) is 9.54. The number of carbonyl (C=O) groups excluding carboxylic acids is 7. The Hall–Kier alpha value is -3.85. The van der Waals surface area contributed by atoms with E-state index in [0.29, 0.717) is 0 Å². The van der Waals surface area contributed by atoms with E-state index in [2.05, 4.69) is 6.58 Å². The molecule has 0 aromatic rings. The number of carbonyl (C=O) groups is 7. The highest BCUT2D eigenvalue weighted by Gasteiger charge is 2.74. The van der Waals surface area contributed by atoms with Gasteiger partial charge in [-0.3, -0.25) is 33.6 Å². The first-order valence-electron chi connectivity index (χ1n) is 17.0. The van der Waals surface area contributed by atoms with Crippen molar-refractivity contribution in [2.75, 3.05) is 6.61 Å². The van der Waals surface area contributed by atoms with E-state index in [-0.39, 0.29) is 18.1 Å². The number of hydrogen-bond donors (Lipinski definition) is 0. The Balaban J connectivity index is 2.54. The molecular weight excluding hydrogens is 672 g/mol. The topological polar surface area (TPSA) is 197 Å². The van der Waals surface area contributed by atoms with E-state index in [1.807, 2.05) is 13.8 Å². The largest absolute Gasteiger partial charge is 0.458 e. The Morgan fingerprint density at radius 1 is 0.765 bits per heavy atom. The summed E-state index contributed by atoms with van der Waals surface area (Å²) in [5, 5.41) is 0. The fraction of sp³-hybridized carbons (Fsp3) is 0.750. The van der Waals surface area contributed by atoms with Gasteiger partial charge in [-0.25, -0.2) is 0 Å². The standard InChI is InChI=1S/C36H52O15/c1-16(2)14-44-27-17(3)26(45-19(5)37)25-31(47-21(7)39)35(13,50-23(9)41)15-36(25,51-24(10)42)30(43)18(4)28-32(49-28)34(11,12)33(48-22(8)40)29(27)46-20(6)38/h16,18,25-29,31-33H,3,14-15H2,1-2,4-13H3/t18-,25+,26?,27+,28+,29+,31-,32-,33?,35-,36-/m1/s1. The Morgan fingerprint density at radius 3 is 1.75 bits per heavy atom. The summed E-state index contributed by atoms with van der Waals surface area (Å²) in [7, 11) is 0. The van der Waals surface area contributed by atoms with Gasteiger partial charge < -0.3 is 37.9 Å². The van der Waals surface area contributed by atoms with Crippen molar-refractivity contribution in [2.45, 2.75) is 143 Å². The van der Waals surface area contributed by atoms with E-state index in [1.54, 1.807) is 20.8 Å². The summed E-state index contributed by atoms with van der Waals surface area (Å²) < 4.78 is 47.9. The molecule has 1 heterocycles. The van der Waals surface area contributed by atoms with Crippen molar-refractivity contribution in [2.24, 2.45) is 23.2 Å². The summed E-state index contributed by atoms with van der Waals surface area (Å²) in [4.78, 5) is 91.9. The molecule has 3 rings (SSSR count). The highest BCUT2D eigenvalue weighted by molar-refractivity contribution is 5.93. The maximum atomic E-state index is 15.1. The minimum Gasteiger partial charge on any atom is -0.458 e. The molecule has 3 fully saturated rings. The quantitative estimate of drug-likeness (QED) is 0.146. The van der Waals surface area contributed by atoms with Gasteiger partial charge in [-0.05, 0) is 18.4 Å². The molecule has 2 unspecified atom stereocenters. The summed E-state index contributed by atoms with van der Waals surface area (Å²) >= 11 is 0. The first kappa shape index (κ1) is 41.6. The number of epoxide rings is 1. The predicted molar refractivity (Wildman–Crippen MR) is 175 cm³/mol. The van der Waals surface area contributed by atoms with E-state index in [0.717, 1.165) is 34.6 Å². The average molecular weight is 725 g/mol. The lowest BCUT2D eigenvalue weighted by molar-refractivity contribution is -0.198.